The second-order valence-corrected chi connectivity index (χ2v) is 1.22. The molecule has 0 saturated carbocycles. The molecule has 8 heavy (non-hydrogen) atoms. The Morgan fingerprint density at radius 1 is 1.00 bits per heavy atom. The molecule has 0 spiro atoms. The van der Waals surface area contributed by atoms with Crippen LogP contribution in [0.2, 0.25) is 0 Å². The van der Waals surface area contributed by atoms with Crippen molar-refractivity contribution < 1.29 is 128 Å². The van der Waals surface area contributed by atoms with Crippen molar-refractivity contribution in [1.82, 2.24) is 0 Å². The van der Waals surface area contributed by atoms with Crippen LogP contribution in [0.15, 0.2) is 0 Å². The van der Waals surface area contributed by atoms with Gasteiger partial charge in [0.25, 0.3) is 0 Å². The summed E-state index contributed by atoms with van der Waals surface area (Å²) in [6, 6.07) is 0. The van der Waals surface area contributed by atoms with E-state index in [1.165, 1.54) is 0 Å². The first-order valence-corrected chi connectivity index (χ1v) is 2.00. The van der Waals surface area contributed by atoms with Crippen LogP contribution >= 0.6 is 0 Å². The Morgan fingerprint density at radius 3 is 1.00 bits per heavy atom. The van der Waals surface area contributed by atoms with Crippen molar-refractivity contribution in [3.63, 3.8) is 0 Å². The van der Waals surface area contributed by atoms with Gasteiger partial charge in [0.1, 0.15) is 0 Å². The molecule has 4 nitrogen and oxygen atoms in total. The molecule has 0 aliphatic heterocycles. The van der Waals surface area contributed by atoms with Crippen LogP contribution in [0.4, 0.5) is 0 Å². The third kappa shape index (κ3) is 55.9. The average molecular weight is 181 g/mol. The Hall–Kier alpha value is 3.51. The molecule has 32 valence electrons. The minimum atomic E-state index is -5.17. The van der Waals surface area contributed by atoms with Gasteiger partial charge in [-0.3, -0.25) is 8.42 Å². The Labute approximate surface area is 135 Å². The van der Waals surface area contributed by atoms with Gasteiger partial charge in [-0.1, -0.05) is 0 Å². The van der Waals surface area contributed by atoms with E-state index in [-0.39, 0.29) is 110 Å². The fourth-order valence-electron chi connectivity index (χ4n) is 0. The van der Waals surface area contributed by atoms with E-state index in [4.69, 9.17) is 17.5 Å². The molecule has 0 bridgehead atoms. The van der Waals surface area contributed by atoms with E-state index in [9.17, 15) is 0 Å². The zero-order chi connectivity index (χ0) is 4.50. The Kier molecular flexibility index (Phi) is 29.6. The fourth-order valence-corrected chi connectivity index (χ4v) is 0. The quantitative estimate of drug-likeness (QED) is 0.211. The van der Waals surface area contributed by atoms with Crippen LogP contribution in [0.5, 0.6) is 0 Å². The summed E-state index contributed by atoms with van der Waals surface area (Å²) >= 11 is 0. The average Bonchev–Trinajstić information content (AvgIpc) is 0.722. The summed E-state index contributed by atoms with van der Waals surface area (Å²) in [5.74, 6) is 0. The summed E-state index contributed by atoms with van der Waals surface area (Å²) in [7, 11) is -5.17. The summed E-state index contributed by atoms with van der Waals surface area (Å²) in [6.45, 7) is 0. The normalized spacial score (nSPS) is 7.25. The minimum absolute atomic E-state index is 0. The first kappa shape index (κ1) is 22.5. The molecule has 0 radical (unpaired) electrons. The van der Waals surface area contributed by atoms with Crippen molar-refractivity contribution in [2.24, 2.45) is 0 Å². The molecule has 8 heteroatoms. The molecule has 0 amide bonds. The monoisotopic (exact) mass is 181 g/mol. The van der Waals surface area contributed by atoms with Crippen molar-refractivity contribution in [3.05, 3.63) is 0 Å². The van der Waals surface area contributed by atoms with Gasteiger partial charge in [0.15, 0.2) is 0 Å². The van der Waals surface area contributed by atoms with E-state index in [1.54, 1.807) is 0 Å². The Morgan fingerprint density at radius 2 is 1.00 bits per heavy atom. The van der Waals surface area contributed by atoms with Crippen LogP contribution in [-0.2, 0) is 10.4 Å². The molecule has 0 heterocycles. The summed E-state index contributed by atoms with van der Waals surface area (Å²) in [5, 5.41) is 0. The number of rotatable bonds is 0. The van der Waals surface area contributed by atoms with E-state index in [0.717, 1.165) is 0 Å². The minimum Gasteiger partial charge on any atom is -0.759 e. The van der Waals surface area contributed by atoms with E-state index >= 15 is 0 Å². The topological polar surface area (TPSA) is 80.3 Å². The van der Waals surface area contributed by atoms with Gasteiger partial charge in [-0.15, -0.1) is 0 Å². The fraction of sp³-hybridized carbons (Fsp3) is 0. The zero-order valence-corrected chi connectivity index (χ0v) is 13.0. The van der Waals surface area contributed by atoms with Gasteiger partial charge in [0, 0.05) is 10.4 Å². The van der Waals surface area contributed by atoms with Gasteiger partial charge in [0.2, 0.25) is 0 Å². The number of hydrogen-bond donors (Lipinski definition) is 0. The second-order valence-electron chi connectivity index (χ2n) is 0.408. The standard InChI is InChI=1S/K.2Na.H2O4S/c;;;1-5(2,3)4/h;;;(H2,1,2,3,4)/q3*+1;/p-2. The van der Waals surface area contributed by atoms with Crippen molar-refractivity contribution >= 4 is 10.4 Å². The van der Waals surface area contributed by atoms with Crippen LogP contribution in [0, 0.1) is 0 Å². The zero-order valence-electron chi connectivity index (χ0n) is 5.04. The van der Waals surface area contributed by atoms with E-state index in [1.807, 2.05) is 0 Å². The molecule has 0 aromatic heterocycles. The third-order valence-corrected chi connectivity index (χ3v) is 0. The third-order valence-electron chi connectivity index (χ3n) is 0. The molecule has 0 N–H and O–H groups in total. The van der Waals surface area contributed by atoms with Gasteiger partial charge >= 0.3 is 110 Å². The molecular formula is KNa2O4S+. The van der Waals surface area contributed by atoms with Gasteiger partial charge < -0.3 is 9.11 Å². The predicted molar refractivity (Wildman–Crippen MR) is 10.5 cm³/mol. The molecule has 0 aromatic carbocycles. The molecular weight excluding hydrogens is 181 g/mol. The van der Waals surface area contributed by atoms with Crippen LogP contribution in [0.3, 0.4) is 0 Å². The van der Waals surface area contributed by atoms with Crippen molar-refractivity contribution in [1.29, 1.82) is 0 Å². The molecule has 0 saturated heterocycles. The van der Waals surface area contributed by atoms with Gasteiger partial charge in [-0.05, 0) is 0 Å². The molecule has 0 unspecified atom stereocenters. The predicted octanol–water partition coefficient (Wildman–Crippen LogP) is -10.3. The first-order valence-electron chi connectivity index (χ1n) is 0.667. The summed E-state index contributed by atoms with van der Waals surface area (Å²) in [4.78, 5) is 0. The van der Waals surface area contributed by atoms with Gasteiger partial charge in [-0.2, -0.15) is 0 Å². The molecule has 0 fully saturated rings. The molecule has 0 aliphatic carbocycles. The number of hydrogen-bond acceptors (Lipinski definition) is 4. The molecule has 0 aliphatic rings. The first-order chi connectivity index (χ1) is 2.00. The van der Waals surface area contributed by atoms with Crippen LogP contribution in [0.25, 0.3) is 0 Å². The Balaban J connectivity index is -0.0000000267. The largest absolute Gasteiger partial charge is 1.00 e. The van der Waals surface area contributed by atoms with Gasteiger partial charge in [-0.25, -0.2) is 0 Å². The van der Waals surface area contributed by atoms with Crippen molar-refractivity contribution in [2.45, 2.75) is 0 Å². The Bertz CT molecular complexity index is 97.2. The SMILES string of the molecule is O=S(=O)([O-])[O-].[K+].[Na+].[Na+]. The molecule has 0 aromatic rings. The van der Waals surface area contributed by atoms with Crippen LogP contribution < -0.4 is 110 Å². The maximum atomic E-state index is 8.52. The van der Waals surface area contributed by atoms with Crippen LogP contribution in [0.1, 0.15) is 0 Å². The van der Waals surface area contributed by atoms with Crippen molar-refractivity contribution in [3.8, 4) is 0 Å². The van der Waals surface area contributed by atoms with Crippen molar-refractivity contribution in [2.75, 3.05) is 0 Å². The van der Waals surface area contributed by atoms with E-state index in [2.05, 4.69) is 0 Å². The van der Waals surface area contributed by atoms with Gasteiger partial charge in [0.05, 0.1) is 0 Å². The molecule has 0 rings (SSSR count). The maximum absolute atomic E-state index is 8.52. The maximum Gasteiger partial charge on any atom is 1.00 e. The summed E-state index contributed by atoms with van der Waals surface area (Å²) in [6.07, 6.45) is 0. The second kappa shape index (κ2) is 10.5. The van der Waals surface area contributed by atoms with Crippen LogP contribution in [-0.4, -0.2) is 17.5 Å². The van der Waals surface area contributed by atoms with E-state index < -0.39 is 10.4 Å². The van der Waals surface area contributed by atoms with E-state index in [0.29, 0.717) is 0 Å². The molecule has 0 atom stereocenters. The summed E-state index contributed by atoms with van der Waals surface area (Å²) in [5.41, 5.74) is 0. The smallest absolute Gasteiger partial charge is 0.759 e. The summed E-state index contributed by atoms with van der Waals surface area (Å²) < 4.78 is 34.1.